The summed E-state index contributed by atoms with van der Waals surface area (Å²) < 4.78 is 10.9. The number of ether oxygens (including phenoxy) is 2. The van der Waals surface area contributed by atoms with Crippen molar-refractivity contribution in [1.29, 1.82) is 0 Å². The molecule has 1 aliphatic rings. The maximum atomic E-state index is 12.9. The van der Waals surface area contributed by atoms with E-state index in [1.165, 1.54) is 7.11 Å². The highest BCUT2D eigenvalue weighted by Crippen LogP contribution is 2.36. The molecule has 1 saturated heterocycles. The van der Waals surface area contributed by atoms with E-state index in [-0.39, 0.29) is 18.4 Å². The Morgan fingerprint density at radius 2 is 1.84 bits per heavy atom. The third kappa shape index (κ3) is 5.56. The molecular weight excluding hydrogens is 463 g/mol. The molecule has 6 nitrogen and oxygen atoms in total. The van der Waals surface area contributed by atoms with Crippen molar-refractivity contribution >= 4 is 46.6 Å². The molecule has 2 amide bonds. The molecule has 0 radical (unpaired) electrons. The van der Waals surface area contributed by atoms with Gasteiger partial charge >= 0.3 is 0 Å². The molecule has 31 heavy (non-hydrogen) atoms. The van der Waals surface area contributed by atoms with Gasteiger partial charge in [-0.15, -0.1) is 0 Å². The summed E-state index contributed by atoms with van der Waals surface area (Å²) in [6, 6.07) is 7.59. The molecule has 1 atom stereocenters. The smallest absolute Gasteiger partial charge is 0.254 e. The van der Waals surface area contributed by atoms with E-state index in [0.29, 0.717) is 51.7 Å². The molecule has 0 aromatic heterocycles. The molecule has 1 fully saturated rings. The molecular formula is C22H23Cl3N2O4. The summed E-state index contributed by atoms with van der Waals surface area (Å²) in [6.07, 6.45) is 1.32. The first-order chi connectivity index (χ1) is 14.8. The van der Waals surface area contributed by atoms with Crippen LogP contribution in [-0.4, -0.2) is 43.0 Å². The van der Waals surface area contributed by atoms with Crippen LogP contribution < -0.4 is 14.8 Å². The van der Waals surface area contributed by atoms with Crippen LogP contribution in [-0.2, 0) is 11.3 Å². The average Bonchev–Trinajstić information content (AvgIpc) is 3.22. The lowest BCUT2D eigenvalue weighted by Gasteiger charge is -2.24. The minimum atomic E-state index is -0.565. The molecule has 1 aliphatic heterocycles. The minimum absolute atomic E-state index is 0.233. The number of halogens is 3. The van der Waals surface area contributed by atoms with Gasteiger partial charge in [-0.25, -0.2) is 0 Å². The van der Waals surface area contributed by atoms with Gasteiger partial charge in [0.05, 0.1) is 18.7 Å². The van der Waals surface area contributed by atoms with Crippen LogP contribution in [0.5, 0.6) is 11.5 Å². The number of carbonyl (C=O) groups is 2. The summed E-state index contributed by atoms with van der Waals surface area (Å²) in [6.45, 7) is 3.04. The number of rotatable bonds is 7. The molecule has 1 N–H and O–H groups in total. The summed E-state index contributed by atoms with van der Waals surface area (Å²) in [5, 5.41) is 4.04. The van der Waals surface area contributed by atoms with Crippen LogP contribution in [0, 0.1) is 0 Å². The van der Waals surface area contributed by atoms with Gasteiger partial charge in [0.25, 0.3) is 5.91 Å². The number of hydrogen-bond donors (Lipinski definition) is 1. The first-order valence-corrected chi connectivity index (χ1v) is 11.0. The lowest BCUT2D eigenvalue weighted by Crippen LogP contribution is -2.45. The van der Waals surface area contributed by atoms with Crippen LogP contribution >= 0.6 is 34.8 Å². The SMILES string of the molecule is CCOc1c(Cl)cc(CNC(=O)C2CCCN2C(=O)c2cc(Cl)cc(Cl)c2)cc1OC. The molecule has 0 bridgehead atoms. The van der Waals surface area contributed by atoms with Crippen molar-refractivity contribution in [3.63, 3.8) is 0 Å². The van der Waals surface area contributed by atoms with E-state index in [1.807, 2.05) is 6.92 Å². The van der Waals surface area contributed by atoms with E-state index in [1.54, 1.807) is 35.2 Å². The molecule has 1 heterocycles. The highest BCUT2D eigenvalue weighted by atomic mass is 35.5. The Morgan fingerprint density at radius 1 is 1.13 bits per heavy atom. The summed E-state index contributed by atoms with van der Waals surface area (Å²) in [5.41, 5.74) is 1.12. The van der Waals surface area contributed by atoms with E-state index in [0.717, 1.165) is 12.0 Å². The summed E-state index contributed by atoms with van der Waals surface area (Å²) >= 11 is 18.3. The molecule has 166 valence electrons. The third-order valence-electron chi connectivity index (χ3n) is 4.97. The average molecular weight is 486 g/mol. The van der Waals surface area contributed by atoms with E-state index in [9.17, 15) is 9.59 Å². The number of methoxy groups -OCH3 is 1. The zero-order chi connectivity index (χ0) is 22.5. The largest absolute Gasteiger partial charge is 0.493 e. The number of nitrogens with one attached hydrogen (secondary N) is 1. The van der Waals surface area contributed by atoms with Crippen LogP contribution in [0.25, 0.3) is 0 Å². The molecule has 2 aromatic rings. The van der Waals surface area contributed by atoms with Crippen LogP contribution in [0.1, 0.15) is 35.7 Å². The summed E-state index contributed by atoms with van der Waals surface area (Å²) in [5.74, 6) is 0.458. The van der Waals surface area contributed by atoms with Gasteiger partial charge in [-0.2, -0.15) is 0 Å². The molecule has 0 spiro atoms. The number of benzene rings is 2. The standard InChI is InChI=1S/C22H23Cl3N2O4/c1-3-31-20-17(25)7-13(8-19(20)30-2)12-26-21(28)18-5-4-6-27(18)22(29)14-9-15(23)11-16(24)10-14/h7-11,18H,3-6,12H2,1-2H3,(H,26,28). The van der Waals surface area contributed by atoms with Gasteiger partial charge in [0, 0.05) is 28.7 Å². The van der Waals surface area contributed by atoms with Crippen LogP contribution in [0.2, 0.25) is 15.1 Å². The monoisotopic (exact) mass is 484 g/mol. The third-order valence-corrected chi connectivity index (χ3v) is 5.69. The van der Waals surface area contributed by atoms with Crippen LogP contribution in [0.15, 0.2) is 30.3 Å². The second kappa shape index (κ2) is 10.4. The quantitative estimate of drug-likeness (QED) is 0.601. The first-order valence-electron chi connectivity index (χ1n) is 9.88. The molecule has 3 rings (SSSR count). The van der Waals surface area contributed by atoms with E-state index < -0.39 is 6.04 Å². The predicted molar refractivity (Wildman–Crippen MR) is 122 cm³/mol. The number of carbonyl (C=O) groups excluding carboxylic acids is 2. The Bertz CT molecular complexity index is 963. The first kappa shape index (κ1) is 23.5. The highest BCUT2D eigenvalue weighted by molar-refractivity contribution is 6.35. The van der Waals surface area contributed by atoms with Gasteiger partial charge in [-0.1, -0.05) is 34.8 Å². The maximum absolute atomic E-state index is 12.9. The Hall–Kier alpha value is -2.15. The molecule has 0 saturated carbocycles. The maximum Gasteiger partial charge on any atom is 0.254 e. The fourth-order valence-electron chi connectivity index (χ4n) is 3.59. The van der Waals surface area contributed by atoms with Gasteiger partial charge in [0.1, 0.15) is 6.04 Å². The fraction of sp³-hybridized carbons (Fsp3) is 0.364. The summed E-state index contributed by atoms with van der Waals surface area (Å²) in [7, 11) is 1.53. The number of amides is 2. The van der Waals surface area contributed by atoms with Gasteiger partial charge in [0.15, 0.2) is 11.5 Å². The van der Waals surface area contributed by atoms with Gasteiger partial charge in [0.2, 0.25) is 5.91 Å². The van der Waals surface area contributed by atoms with Crippen molar-refractivity contribution in [3.05, 3.63) is 56.5 Å². The molecule has 2 aromatic carbocycles. The minimum Gasteiger partial charge on any atom is -0.493 e. The Labute approximate surface area is 196 Å². The molecule has 9 heteroatoms. The van der Waals surface area contributed by atoms with Gasteiger partial charge < -0.3 is 19.7 Å². The van der Waals surface area contributed by atoms with E-state index >= 15 is 0 Å². The van der Waals surface area contributed by atoms with Crippen molar-refractivity contribution in [2.75, 3.05) is 20.3 Å². The fourth-order valence-corrected chi connectivity index (χ4v) is 4.41. The zero-order valence-electron chi connectivity index (χ0n) is 17.2. The van der Waals surface area contributed by atoms with Crippen LogP contribution in [0.4, 0.5) is 0 Å². The van der Waals surface area contributed by atoms with E-state index in [2.05, 4.69) is 5.32 Å². The number of hydrogen-bond acceptors (Lipinski definition) is 4. The van der Waals surface area contributed by atoms with Crippen molar-refractivity contribution in [2.24, 2.45) is 0 Å². The number of nitrogens with zero attached hydrogens (tertiary/aromatic N) is 1. The van der Waals surface area contributed by atoms with Crippen LogP contribution in [0.3, 0.4) is 0 Å². The van der Waals surface area contributed by atoms with E-state index in [4.69, 9.17) is 44.3 Å². The van der Waals surface area contributed by atoms with Gasteiger partial charge in [-0.3, -0.25) is 9.59 Å². The lowest BCUT2D eigenvalue weighted by atomic mass is 10.1. The Balaban J connectivity index is 1.70. The number of likely N-dealkylation sites (tertiary alicyclic amines) is 1. The van der Waals surface area contributed by atoms with Crippen molar-refractivity contribution in [2.45, 2.75) is 32.4 Å². The van der Waals surface area contributed by atoms with Crippen molar-refractivity contribution in [3.8, 4) is 11.5 Å². The van der Waals surface area contributed by atoms with Crippen molar-refractivity contribution in [1.82, 2.24) is 10.2 Å². The second-order valence-corrected chi connectivity index (χ2v) is 8.35. The summed E-state index contributed by atoms with van der Waals surface area (Å²) in [4.78, 5) is 27.4. The lowest BCUT2D eigenvalue weighted by molar-refractivity contribution is -0.125. The topological polar surface area (TPSA) is 67.9 Å². The second-order valence-electron chi connectivity index (χ2n) is 7.07. The Kier molecular flexibility index (Phi) is 7.92. The normalized spacial score (nSPS) is 15.6. The molecule has 1 unspecified atom stereocenters. The molecule has 0 aliphatic carbocycles. The predicted octanol–water partition coefficient (Wildman–Crippen LogP) is 4.98. The Morgan fingerprint density at radius 3 is 2.48 bits per heavy atom. The highest BCUT2D eigenvalue weighted by Gasteiger charge is 2.34. The zero-order valence-corrected chi connectivity index (χ0v) is 19.5. The van der Waals surface area contributed by atoms with Gasteiger partial charge in [-0.05, 0) is 55.7 Å². The van der Waals surface area contributed by atoms with Crippen molar-refractivity contribution < 1.29 is 19.1 Å².